The van der Waals surface area contributed by atoms with Crippen LogP contribution in [0.25, 0.3) is 0 Å². The van der Waals surface area contributed by atoms with Gasteiger partial charge in [0.2, 0.25) is 5.95 Å². The SMILES string of the molecule is CN(c1nc(Nc2ccc(O)c(F)c2)ncc1Br)C1CCCO1. The van der Waals surface area contributed by atoms with E-state index in [0.29, 0.717) is 17.5 Å². The average Bonchev–Trinajstić information content (AvgIpc) is 3.06. The van der Waals surface area contributed by atoms with E-state index >= 15 is 0 Å². The summed E-state index contributed by atoms with van der Waals surface area (Å²) in [5.74, 6) is -0.0818. The van der Waals surface area contributed by atoms with Crippen LogP contribution in [-0.2, 0) is 4.74 Å². The third-order valence-corrected chi connectivity index (χ3v) is 4.16. The smallest absolute Gasteiger partial charge is 0.229 e. The average molecular weight is 383 g/mol. The van der Waals surface area contributed by atoms with Crippen LogP contribution in [0.15, 0.2) is 28.9 Å². The Bertz CT molecular complexity index is 710. The maximum Gasteiger partial charge on any atom is 0.229 e. The number of phenolic OH excluding ortho intramolecular Hbond substituents is 1. The Labute approximate surface area is 141 Å². The zero-order valence-corrected chi connectivity index (χ0v) is 14.0. The van der Waals surface area contributed by atoms with Crippen molar-refractivity contribution in [2.75, 3.05) is 23.9 Å². The molecule has 0 bridgehead atoms. The first-order valence-electron chi connectivity index (χ1n) is 7.17. The number of phenols is 1. The van der Waals surface area contributed by atoms with Crippen molar-refractivity contribution in [2.24, 2.45) is 0 Å². The van der Waals surface area contributed by atoms with E-state index in [1.165, 1.54) is 12.1 Å². The third kappa shape index (κ3) is 3.53. The van der Waals surface area contributed by atoms with Gasteiger partial charge < -0.3 is 20.1 Å². The Morgan fingerprint density at radius 1 is 1.48 bits per heavy atom. The maximum absolute atomic E-state index is 13.4. The summed E-state index contributed by atoms with van der Waals surface area (Å²) in [6.45, 7) is 0.746. The summed E-state index contributed by atoms with van der Waals surface area (Å²) in [7, 11) is 1.91. The number of benzene rings is 1. The van der Waals surface area contributed by atoms with Gasteiger partial charge in [-0.1, -0.05) is 0 Å². The fourth-order valence-corrected chi connectivity index (χ4v) is 2.85. The predicted octanol–water partition coefficient (Wildman–Crippen LogP) is 3.40. The van der Waals surface area contributed by atoms with Crippen LogP contribution in [0.4, 0.5) is 21.8 Å². The summed E-state index contributed by atoms with van der Waals surface area (Å²) < 4.78 is 19.8. The van der Waals surface area contributed by atoms with Gasteiger partial charge in [-0.3, -0.25) is 0 Å². The number of anilines is 3. The van der Waals surface area contributed by atoms with E-state index in [4.69, 9.17) is 4.74 Å². The number of hydrogen-bond acceptors (Lipinski definition) is 6. The number of halogens is 2. The second-order valence-corrected chi connectivity index (χ2v) is 6.09. The highest BCUT2D eigenvalue weighted by Crippen LogP contribution is 2.29. The summed E-state index contributed by atoms with van der Waals surface area (Å²) in [5, 5.41) is 12.1. The third-order valence-electron chi connectivity index (χ3n) is 3.60. The predicted molar refractivity (Wildman–Crippen MR) is 88.5 cm³/mol. The van der Waals surface area contributed by atoms with Crippen LogP contribution in [0.1, 0.15) is 12.8 Å². The first kappa shape index (κ1) is 15.9. The fourth-order valence-electron chi connectivity index (χ4n) is 2.38. The zero-order valence-electron chi connectivity index (χ0n) is 12.5. The Morgan fingerprint density at radius 3 is 3.00 bits per heavy atom. The topological polar surface area (TPSA) is 70.5 Å². The lowest BCUT2D eigenvalue weighted by Crippen LogP contribution is -2.31. The zero-order chi connectivity index (χ0) is 16.4. The maximum atomic E-state index is 13.4. The molecule has 2 N–H and O–H groups in total. The first-order valence-corrected chi connectivity index (χ1v) is 7.96. The number of rotatable bonds is 4. The first-order chi connectivity index (χ1) is 11.0. The summed E-state index contributed by atoms with van der Waals surface area (Å²) >= 11 is 3.44. The van der Waals surface area contributed by atoms with Gasteiger partial charge in [0.05, 0.1) is 4.47 Å². The molecule has 2 heterocycles. The van der Waals surface area contributed by atoms with Gasteiger partial charge in [-0.05, 0) is 40.9 Å². The van der Waals surface area contributed by atoms with E-state index in [1.807, 2.05) is 11.9 Å². The van der Waals surface area contributed by atoms with Gasteiger partial charge in [0, 0.05) is 31.6 Å². The van der Waals surface area contributed by atoms with Crippen molar-refractivity contribution >= 4 is 33.4 Å². The normalized spacial score (nSPS) is 17.3. The van der Waals surface area contributed by atoms with Crippen LogP contribution in [-0.4, -0.2) is 35.0 Å². The molecule has 0 spiro atoms. The monoisotopic (exact) mass is 382 g/mol. The van der Waals surface area contributed by atoms with Crippen LogP contribution in [0.5, 0.6) is 5.75 Å². The standard InChI is InChI=1S/C15H16BrFN4O2/c1-21(13-3-2-6-23-13)14-10(16)8-18-15(20-14)19-9-4-5-12(22)11(17)7-9/h4-5,7-8,13,22H,2-3,6H2,1H3,(H,18,19,20). The molecule has 1 fully saturated rings. The molecule has 1 saturated heterocycles. The molecule has 8 heteroatoms. The van der Waals surface area contributed by atoms with E-state index in [-0.39, 0.29) is 6.23 Å². The molecule has 2 aromatic rings. The molecule has 1 aliphatic heterocycles. The minimum Gasteiger partial charge on any atom is -0.505 e. The lowest BCUT2D eigenvalue weighted by molar-refractivity contribution is 0.111. The Hall–Kier alpha value is -1.93. The van der Waals surface area contributed by atoms with Crippen molar-refractivity contribution in [3.05, 3.63) is 34.7 Å². The molecule has 0 aliphatic carbocycles. The second-order valence-electron chi connectivity index (χ2n) is 5.23. The summed E-state index contributed by atoms with van der Waals surface area (Å²) in [6, 6.07) is 4.01. The van der Waals surface area contributed by atoms with Gasteiger partial charge in [-0.2, -0.15) is 4.98 Å². The van der Waals surface area contributed by atoms with Crippen LogP contribution in [0, 0.1) is 5.82 Å². The molecule has 1 aliphatic rings. The number of aromatic nitrogens is 2. The Kier molecular flexibility index (Phi) is 4.63. The largest absolute Gasteiger partial charge is 0.505 e. The Balaban J connectivity index is 1.83. The molecule has 23 heavy (non-hydrogen) atoms. The highest BCUT2D eigenvalue weighted by Gasteiger charge is 2.23. The molecule has 1 aromatic heterocycles. The van der Waals surface area contributed by atoms with Gasteiger partial charge in [-0.15, -0.1) is 0 Å². The number of aromatic hydroxyl groups is 1. The molecule has 1 aromatic carbocycles. The van der Waals surface area contributed by atoms with Crippen molar-refractivity contribution in [2.45, 2.75) is 19.1 Å². The number of ether oxygens (including phenoxy) is 1. The number of nitrogens with one attached hydrogen (secondary N) is 1. The Morgan fingerprint density at radius 2 is 2.30 bits per heavy atom. The summed E-state index contributed by atoms with van der Waals surface area (Å²) in [6.07, 6.45) is 3.58. The second kappa shape index (κ2) is 6.67. The van der Waals surface area contributed by atoms with E-state index in [9.17, 15) is 9.50 Å². The van der Waals surface area contributed by atoms with E-state index < -0.39 is 11.6 Å². The van der Waals surface area contributed by atoms with Crippen LogP contribution < -0.4 is 10.2 Å². The molecule has 3 rings (SSSR count). The highest BCUT2D eigenvalue weighted by atomic mass is 79.9. The summed E-state index contributed by atoms with van der Waals surface area (Å²) in [5.41, 5.74) is 0.452. The van der Waals surface area contributed by atoms with Crippen LogP contribution in [0.3, 0.4) is 0 Å². The molecule has 0 radical (unpaired) electrons. The number of hydrogen-bond donors (Lipinski definition) is 2. The van der Waals surface area contributed by atoms with Crippen LogP contribution >= 0.6 is 15.9 Å². The minimum atomic E-state index is -0.705. The minimum absolute atomic E-state index is 0.0137. The van der Waals surface area contributed by atoms with Crippen molar-refractivity contribution in [3.8, 4) is 5.75 Å². The molecule has 1 unspecified atom stereocenters. The molecule has 1 atom stereocenters. The molecular weight excluding hydrogens is 367 g/mol. The quantitative estimate of drug-likeness (QED) is 0.789. The van der Waals surface area contributed by atoms with Crippen LogP contribution in [0.2, 0.25) is 0 Å². The molecule has 0 amide bonds. The van der Waals surface area contributed by atoms with Gasteiger partial charge >= 0.3 is 0 Å². The van der Waals surface area contributed by atoms with Gasteiger partial charge in [0.15, 0.2) is 11.6 Å². The lowest BCUT2D eigenvalue weighted by Gasteiger charge is -2.25. The molecule has 6 nitrogen and oxygen atoms in total. The van der Waals surface area contributed by atoms with Gasteiger partial charge in [0.25, 0.3) is 0 Å². The van der Waals surface area contributed by atoms with Gasteiger partial charge in [-0.25, -0.2) is 9.37 Å². The van der Waals surface area contributed by atoms with E-state index in [1.54, 1.807) is 12.3 Å². The molecular formula is C15H16BrFN4O2. The van der Waals surface area contributed by atoms with Crippen molar-refractivity contribution < 1.29 is 14.2 Å². The van der Waals surface area contributed by atoms with Gasteiger partial charge in [0.1, 0.15) is 12.0 Å². The van der Waals surface area contributed by atoms with E-state index in [0.717, 1.165) is 23.9 Å². The molecule has 122 valence electrons. The lowest BCUT2D eigenvalue weighted by atomic mass is 10.3. The van der Waals surface area contributed by atoms with Crippen molar-refractivity contribution in [1.29, 1.82) is 0 Å². The van der Waals surface area contributed by atoms with Crippen molar-refractivity contribution in [3.63, 3.8) is 0 Å². The fraction of sp³-hybridized carbons (Fsp3) is 0.333. The number of nitrogens with zero attached hydrogens (tertiary/aromatic N) is 3. The summed E-state index contributed by atoms with van der Waals surface area (Å²) in [4.78, 5) is 10.6. The molecule has 0 saturated carbocycles. The van der Waals surface area contributed by atoms with Crippen molar-refractivity contribution in [1.82, 2.24) is 9.97 Å². The van der Waals surface area contributed by atoms with E-state index in [2.05, 4.69) is 31.2 Å². The highest BCUT2D eigenvalue weighted by molar-refractivity contribution is 9.10.